The molecule has 8 heteroatoms. The van der Waals surface area contributed by atoms with Crippen molar-refractivity contribution in [3.63, 3.8) is 0 Å². The van der Waals surface area contributed by atoms with Crippen LogP contribution < -0.4 is 10.6 Å². The van der Waals surface area contributed by atoms with Crippen LogP contribution in [0, 0.1) is 5.92 Å². The SMILES string of the molecule is CCN(CC)S(=O)(=O)c1ccc(NC(=O)c2ccc(NC(=O)C(C)C)cc2)cc1. The van der Waals surface area contributed by atoms with Gasteiger partial charge in [0.2, 0.25) is 15.9 Å². The fourth-order valence-corrected chi connectivity index (χ4v) is 4.08. The van der Waals surface area contributed by atoms with E-state index in [9.17, 15) is 18.0 Å². The van der Waals surface area contributed by atoms with E-state index < -0.39 is 10.0 Å². The molecule has 0 aliphatic heterocycles. The molecule has 2 amide bonds. The zero-order valence-corrected chi connectivity index (χ0v) is 17.9. The number of nitrogens with zero attached hydrogens (tertiary/aromatic N) is 1. The molecule has 156 valence electrons. The Hall–Kier alpha value is -2.71. The Labute approximate surface area is 172 Å². The van der Waals surface area contributed by atoms with Crippen LogP contribution in [0.2, 0.25) is 0 Å². The fraction of sp³-hybridized carbons (Fsp3) is 0.333. The van der Waals surface area contributed by atoms with Crippen LogP contribution in [0.4, 0.5) is 11.4 Å². The zero-order chi connectivity index (χ0) is 21.6. The number of amides is 2. The molecule has 0 radical (unpaired) electrons. The minimum atomic E-state index is -3.53. The number of carbonyl (C=O) groups is 2. The second kappa shape index (κ2) is 9.67. The van der Waals surface area contributed by atoms with Crippen LogP contribution in [0.15, 0.2) is 53.4 Å². The largest absolute Gasteiger partial charge is 0.326 e. The number of rotatable bonds is 8. The van der Waals surface area contributed by atoms with Crippen molar-refractivity contribution in [3.8, 4) is 0 Å². The quantitative estimate of drug-likeness (QED) is 0.686. The average molecular weight is 418 g/mol. The highest BCUT2D eigenvalue weighted by molar-refractivity contribution is 7.89. The number of hydrogen-bond donors (Lipinski definition) is 2. The molecule has 0 aliphatic carbocycles. The van der Waals surface area contributed by atoms with Crippen LogP contribution >= 0.6 is 0 Å². The Balaban J connectivity index is 2.07. The van der Waals surface area contributed by atoms with Gasteiger partial charge in [0.15, 0.2) is 0 Å². The lowest BCUT2D eigenvalue weighted by Gasteiger charge is -2.18. The molecule has 2 aromatic carbocycles. The lowest BCUT2D eigenvalue weighted by Crippen LogP contribution is -2.30. The van der Waals surface area contributed by atoms with Gasteiger partial charge in [0.25, 0.3) is 5.91 Å². The smallest absolute Gasteiger partial charge is 0.255 e. The van der Waals surface area contributed by atoms with Crippen molar-refractivity contribution >= 4 is 33.2 Å². The highest BCUT2D eigenvalue weighted by Gasteiger charge is 2.21. The van der Waals surface area contributed by atoms with Gasteiger partial charge in [-0.3, -0.25) is 9.59 Å². The van der Waals surface area contributed by atoms with Gasteiger partial charge in [0, 0.05) is 35.9 Å². The van der Waals surface area contributed by atoms with E-state index in [1.54, 1.807) is 64.1 Å². The minimum absolute atomic E-state index is 0.0954. The predicted octanol–water partition coefficient (Wildman–Crippen LogP) is 3.56. The van der Waals surface area contributed by atoms with E-state index in [1.807, 2.05) is 0 Å². The second-order valence-corrected chi connectivity index (χ2v) is 8.73. The van der Waals surface area contributed by atoms with Crippen LogP contribution in [-0.2, 0) is 14.8 Å². The molecule has 0 fully saturated rings. The third-order valence-corrected chi connectivity index (χ3v) is 6.46. The number of sulfonamides is 1. The van der Waals surface area contributed by atoms with E-state index in [2.05, 4.69) is 10.6 Å². The number of anilines is 2. The average Bonchev–Trinajstić information content (AvgIpc) is 2.69. The molecule has 0 saturated heterocycles. The lowest BCUT2D eigenvalue weighted by molar-refractivity contribution is -0.118. The van der Waals surface area contributed by atoms with E-state index >= 15 is 0 Å². The van der Waals surface area contributed by atoms with Crippen molar-refractivity contribution in [2.75, 3.05) is 23.7 Å². The number of carbonyl (C=O) groups excluding carboxylic acids is 2. The molecule has 0 spiro atoms. The minimum Gasteiger partial charge on any atom is -0.326 e. The van der Waals surface area contributed by atoms with Crippen LogP contribution in [0.25, 0.3) is 0 Å². The molecule has 0 aliphatic rings. The summed E-state index contributed by atoms with van der Waals surface area (Å²) in [7, 11) is -3.53. The summed E-state index contributed by atoms with van der Waals surface area (Å²) < 4.78 is 26.4. The molecular weight excluding hydrogens is 390 g/mol. The van der Waals surface area contributed by atoms with Crippen molar-refractivity contribution < 1.29 is 18.0 Å². The highest BCUT2D eigenvalue weighted by Crippen LogP contribution is 2.19. The maximum absolute atomic E-state index is 12.5. The zero-order valence-electron chi connectivity index (χ0n) is 17.1. The molecule has 0 aromatic heterocycles. The molecule has 0 saturated carbocycles. The third-order valence-electron chi connectivity index (χ3n) is 4.39. The maximum Gasteiger partial charge on any atom is 0.255 e. The Kier molecular flexibility index (Phi) is 7.53. The van der Waals surface area contributed by atoms with E-state index in [0.717, 1.165) is 0 Å². The maximum atomic E-state index is 12.5. The van der Waals surface area contributed by atoms with E-state index in [4.69, 9.17) is 0 Å². The molecule has 2 N–H and O–H groups in total. The van der Waals surface area contributed by atoms with Crippen LogP contribution in [0.1, 0.15) is 38.1 Å². The van der Waals surface area contributed by atoms with Crippen LogP contribution in [0.5, 0.6) is 0 Å². The van der Waals surface area contributed by atoms with Gasteiger partial charge in [0.05, 0.1) is 4.90 Å². The first-order valence-corrected chi connectivity index (χ1v) is 11.0. The van der Waals surface area contributed by atoms with Gasteiger partial charge < -0.3 is 10.6 Å². The first-order valence-electron chi connectivity index (χ1n) is 9.51. The topological polar surface area (TPSA) is 95.6 Å². The summed E-state index contributed by atoms with van der Waals surface area (Å²) in [6, 6.07) is 12.6. The Morgan fingerprint density at radius 1 is 0.862 bits per heavy atom. The van der Waals surface area contributed by atoms with Gasteiger partial charge in [-0.25, -0.2) is 8.42 Å². The van der Waals surface area contributed by atoms with E-state index in [-0.39, 0.29) is 22.6 Å². The molecule has 2 aromatic rings. The summed E-state index contributed by atoms with van der Waals surface area (Å²) in [4.78, 5) is 24.3. The first kappa shape index (κ1) is 22.6. The number of nitrogens with one attached hydrogen (secondary N) is 2. The summed E-state index contributed by atoms with van der Waals surface area (Å²) >= 11 is 0. The molecule has 29 heavy (non-hydrogen) atoms. The lowest BCUT2D eigenvalue weighted by atomic mass is 10.1. The van der Waals surface area contributed by atoms with Gasteiger partial charge >= 0.3 is 0 Å². The summed E-state index contributed by atoms with van der Waals surface area (Å²) in [6.07, 6.45) is 0. The summed E-state index contributed by atoms with van der Waals surface area (Å²) in [5, 5.41) is 5.50. The van der Waals surface area contributed by atoms with Crippen LogP contribution in [0.3, 0.4) is 0 Å². The van der Waals surface area contributed by atoms with Gasteiger partial charge in [0.1, 0.15) is 0 Å². The molecule has 0 atom stereocenters. The summed E-state index contributed by atoms with van der Waals surface area (Å²) in [6.45, 7) is 7.96. The normalized spacial score (nSPS) is 11.5. The monoisotopic (exact) mass is 417 g/mol. The van der Waals surface area contributed by atoms with Crippen molar-refractivity contribution in [1.29, 1.82) is 0 Å². The molecule has 0 heterocycles. The van der Waals surface area contributed by atoms with Crippen molar-refractivity contribution in [3.05, 3.63) is 54.1 Å². The first-order chi connectivity index (χ1) is 13.7. The Morgan fingerprint density at radius 2 is 1.34 bits per heavy atom. The van der Waals surface area contributed by atoms with Gasteiger partial charge in [-0.2, -0.15) is 4.31 Å². The number of benzene rings is 2. The summed E-state index contributed by atoms with van der Waals surface area (Å²) in [5.41, 5.74) is 1.53. The fourth-order valence-electron chi connectivity index (χ4n) is 2.62. The molecule has 2 rings (SSSR count). The number of hydrogen-bond acceptors (Lipinski definition) is 4. The standard InChI is InChI=1S/C21H27N3O4S/c1-5-24(6-2)29(27,28)19-13-11-18(12-14-19)23-21(26)16-7-9-17(10-8-16)22-20(25)15(3)4/h7-15H,5-6H2,1-4H3,(H,22,25)(H,23,26). The Bertz CT molecular complexity index is 948. The van der Waals surface area contributed by atoms with Crippen molar-refractivity contribution in [2.45, 2.75) is 32.6 Å². The molecular formula is C21H27N3O4S. The second-order valence-electron chi connectivity index (χ2n) is 6.79. The van der Waals surface area contributed by atoms with E-state index in [1.165, 1.54) is 16.4 Å². The van der Waals surface area contributed by atoms with Crippen LogP contribution in [-0.4, -0.2) is 37.6 Å². The van der Waals surface area contributed by atoms with Crippen molar-refractivity contribution in [2.24, 2.45) is 5.92 Å². The highest BCUT2D eigenvalue weighted by atomic mass is 32.2. The summed E-state index contributed by atoms with van der Waals surface area (Å²) in [5.74, 6) is -0.556. The van der Waals surface area contributed by atoms with Crippen molar-refractivity contribution in [1.82, 2.24) is 4.31 Å². The van der Waals surface area contributed by atoms with Gasteiger partial charge in [-0.1, -0.05) is 27.7 Å². The predicted molar refractivity (Wildman–Crippen MR) is 114 cm³/mol. The molecule has 7 nitrogen and oxygen atoms in total. The van der Waals surface area contributed by atoms with Gasteiger partial charge in [-0.15, -0.1) is 0 Å². The Morgan fingerprint density at radius 3 is 1.83 bits per heavy atom. The third kappa shape index (κ3) is 5.65. The van der Waals surface area contributed by atoms with E-state index in [0.29, 0.717) is 30.0 Å². The van der Waals surface area contributed by atoms with Gasteiger partial charge in [-0.05, 0) is 48.5 Å². The molecule has 0 unspecified atom stereocenters. The molecule has 0 bridgehead atoms.